The average Bonchev–Trinajstić information content (AvgIpc) is 2.87. The highest BCUT2D eigenvalue weighted by Crippen LogP contribution is 2.32. The predicted molar refractivity (Wildman–Crippen MR) is 96.9 cm³/mol. The Bertz CT molecular complexity index is 744. The minimum atomic E-state index is -3.78. The van der Waals surface area contributed by atoms with Crippen LogP contribution in [0.5, 0.6) is 11.5 Å². The average molecular weight is 382 g/mol. The maximum Gasteiger partial charge on any atom is 0.243 e. The first-order valence-electron chi connectivity index (χ1n) is 9.12. The van der Waals surface area contributed by atoms with Crippen LogP contribution in [-0.2, 0) is 14.8 Å². The van der Waals surface area contributed by atoms with Crippen molar-refractivity contribution in [1.29, 1.82) is 0 Å². The highest BCUT2D eigenvalue weighted by atomic mass is 32.2. The molecule has 0 radical (unpaired) electrons. The first-order chi connectivity index (χ1) is 12.5. The van der Waals surface area contributed by atoms with Gasteiger partial charge in [-0.15, -0.1) is 0 Å². The van der Waals surface area contributed by atoms with Gasteiger partial charge in [0.25, 0.3) is 0 Å². The van der Waals surface area contributed by atoms with E-state index in [1.165, 1.54) is 25.6 Å². The Hall–Kier alpha value is -1.80. The number of hydrogen-bond donors (Lipinski definition) is 1. The van der Waals surface area contributed by atoms with Gasteiger partial charge < -0.3 is 14.8 Å². The van der Waals surface area contributed by atoms with Crippen LogP contribution in [0.25, 0.3) is 0 Å². The normalized spacial score (nSPS) is 18.4. The molecule has 2 aliphatic rings. The molecule has 1 fully saturated rings. The fourth-order valence-electron chi connectivity index (χ4n) is 3.29. The monoisotopic (exact) mass is 382 g/mol. The SMILES string of the molecule is CN(CC(=O)NC1CCCCC1)S(=O)(=O)c1ccc2c(c1)OCCCO2. The van der Waals surface area contributed by atoms with Crippen molar-refractivity contribution in [3.8, 4) is 11.5 Å². The molecule has 144 valence electrons. The van der Waals surface area contributed by atoms with E-state index in [0.29, 0.717) is 24.7 Å². The molecule has 1 N–H and O–H groups in total. The van der Waals surface area contributed by atoms with E-state index in [9.17, 15) is 13.2 Å². The lowest BCUT2D eigenvalue weighted by molar-refractivity contribution is -0.122. The highest BCUT2D eigenvalue weighted by molar-refractivity contribution is 7.89. The summed E-state index contributed by atoms with van der Waals surface area (Å²) in [5.41, 5.74) is 0. The highest BCUT2D eigenvalue weighted by Gasteiger charge is 2.26. The molecule has 0 atom stereocenters. The number of sulfonamides is 1. The first-order valence-corrected chi connectivity index (χ1v) is 10.6. The molecule has 1 aliphatic carbocycles. The maximum atomic E-state index is 12.8. The third-order valence-corrected chi connectivity index (χ3v) is 6.56. The van der Waals surface area contributed by atoms with Crippen molar-refractivity contribution in [3.05, 3.63) is 18.2 Å². The van der Waals surface area contributed by atoms with Gasteiger partial charge in [-0.2, -0.15) is 4.31 Å². The molecule has 7 nitrogen and oxygen atoms in total. The van der Waals surface area contributed by atoms with Gasteiger partial charge in [-0.1, -0.05) is 19.3 Å². The van der Waals surface area contributed by atoms with Crippen LogP contribution < -0.4 is 14.8 Å². The largest absolute Gasteiger partial charge is 0.490 e. The van der Waals surface area contributed by atoms with Crippen LogP contribution in [0.4, 0.5) is 0 Å². The molecule has 26 heavy (non-hydrogen) atoms. The Morgan fingerprint density at radius 2 is 1.81 bits per heavy atom. The van der Waals surface area contributed by atoms with E-state index in [0.717, 1.165) is 36.4 Å². The standard InChI is InChI=1S/C18H26N2O5S/c1-20(13-18(21)19-14-6-3-2-4-7-14)26(22,23)15-8-9-16-17(12-15)25-11-5-10-24-16/h8-9,12,14H,2-7,10-11,13H2,1H3,(H,19,21). The molecular weight excluding hydrogens is 356 g/mol. The maximum absolute atomic E-state index is 12.8. The lowest BCUT2D eigenvalue weighted by atomic mass is 9.95. The van der Waals surface area contributed by atoms with Gasteiger partial charge in [0.05, 0.1) is 24.7 Å². The van der Waals surface area contributed by atoms with Gasteiger partial charge in [0, 0.05) is 25.6 Å². The van der Waals surface area contributed by atoms with Gasteiger partial charge in [0.2, 0.25) is 15.9 Å². The fourth-order valence-corrected chi connectivity index (χ4v) is 4.43. The summed E-state index contributed by atoms with van der Waals surface area (Å²) in [5, 5.41) is 2.94. The van der Waals surface area contributed by atoms with Crippen LogP contribution in [0, 0.1) is 0 Å². The molecule has 1 heterocycles. The zero-order valence-electron chi connectivity index (χ0n) is 15.1. The Kier molecular flexibility index (Phi) is 6.03. The van der Waals surface area contributed by atoms with E-state index in [-0.39, 0.29) is 23.4 Å². The molecule has 8 heteroatoms. The summed E-state index contributed by atoms with van der Waals surface area (Å²) in [7, 11) is -2.37. The van der Waals surface area contributed by atoms with E-state index < -0.39 is 10.0 Å². The molecule has 1 aliphatic heterocycles. The fraction of sp³-hybridized carbons (Fsp3) is 0.611. The van der Waals surface area contributed by atoms with Crippen LogP contribution in [0.2, 0.25) is 0 Å². The number of rotatable bonds is 5. The quantitative estimate of drug-likeness (QED) is 0.841. The second-order valence-electron chi connectivity index (χ2n) is 6.82. The summed E-state index contributed by atoms with van der Waals surface area (Å²) in [6.07, 6.45) is 6.09. The van der Waals surface area contributed by atoms with E-state index in [2.05, 4.69) is 5.32 Å². The first kappa shape index (κ1) is 19.0. The molecule has 0 bridgehead atoms. The molecule has 1 aromatic carbocycles. The summed E-state index contributed by atoms with van der Waals surface area (Å²) in [6.45, 7) is 0.823. The van der Waals surface area contributed by atoms with Crippen LogP contribution >= 0.6 is 0 Å². The number of hydrogen-bond acceptors (Lipinski definition) is 5. The number of likely N-dealkylation sites (N-methyl/N-ethyl adjacent to an activating group) is 1. The minimum Gasteiger partial charge on any atom is -0.490 e. The summed E-state index contributed by atoms with van der Waals surface area (Å²) in [5.74, 6) is 0.695. The van der Waals surface area contributed by atoms with Crippen LogP contribution in [0.15, 0.2) is 23.1 Å². The van der Waals surface area contributed by atoms with E-state index in [1.54, 1.807) is 6.07 Å². The van der Waals surface area contributed by atoms with Gasteiger partial charge in [-0.3, -0.25) is 4.79 Å². The van der Waals surface area contributed by atoms with Gasteiger partial charge in [-0.25, -0.2) is 8.42 Å². The van der Waals surface area contributed by atoms with E-state index in [1.807, 2.05) is 0 Å². The van der Waals surface area contributed by atoms with Gasteiger partial charge in [0.15, 0.2) is 11.5 Å². The summed E-state index contributed by atoms with van der Waals surface area (Å²) in [4.78, 5) is 12.3. The Morgan fingerprint density at radius 1 is 1.12 bits per heavy atom. The Morgan fingerprint density at radius 3 is 2.54 bits per heavy atom. The number of ether oxygens (including phenoxy) is 2. The predicted octanol–water partition coefficient (Wildman–Crippen LogP) is 1.92. The molecule has 3 rings (SSSR count). The van der Waals surface area contributed by atoms with Gasteiger partial charge >= 0.3 is 0 Å². The lowest BCUT2D eigenvalue weighted by Crippen LogP contribution is -2.43. The third-order valence-electron chi connectivity index (χ3n) is 4.76. The number of amides is 1. The zero-order valence-corrected chi connectivity index (χ0v) is 15.9. The van der Waals surface area contributed by atoms with Crippen LogP contribution in [-0.4, -0.2) is 51.5 Å². The zero-order chi connectivity index (χ0) is 18.6. The third kappa shape index (κ3) is 4.48. The molecule has 0 spiro atoms. The van der Waals surface area contributed by atoms with Crippen LogP contribution in [0.3, 0.4) is 0 Å². The minimum absolute atomic E-state index is 0.0923. The summed E-state index contributed by atoms with van der Waals surface area (Å²) >= 11 is 0. The smallest absolute Gasteiger partial charge is 0.243 e. The number of fused-ring (bicyclic) bond motifs is 1. The molecule has 0 aromatic heterocycles. The van der Waals surface area contributed by atoms with Gasteiger partial charge in [0.1, 0.15) is 0 Å². The summed E-state index contributed by atoms with van der Waals surface area (Å²) in [6, 6.07) is 4.71. The summed E-state index contributed by atoms with van der Waals surface area (Å²) < 4.78 is 37.7. The number of benzene rings is 1. The molecule has 0 unspecified atom stereocenters. The molecular formula is C18H26N2O5S. The molecule has 1 amide bonds. The molecule has 1 aromatic rings. The van der Waals surface area contributed by atoms with E-state index >= 15 is 0 Å². The van der Waals surface area contributed by atoms with Crippen molar-refractivity contribution >= 4 is 15.9 Å². The van der Waals surface area contributed by atoms with Crippen molar-refractivity contribution in [2.45, 2.75) is 49.5 Å². The molecule has 0 saturated heterocycles. The van der Waals surface area contributed by atoms with Crippen molar-refractivity contribution in [2.24, 2.45) is 0 Å². The number of nitrogens with zero attached hydrogens (tertiary/aromatic N) is 1. The Labute approximate surface area is 154 Å². The number of nitrogens with one attached hydrogen (secondary N) is 1. The van der Waals surface area contributed by atoms with Crippen molar-refractivity contribution in [3.63, 3.8) is 0 Å². The van der Waals surface area contributed by atoms with Crippen LogP contribution in [0.1, 0.15) is 38.5 Å². The van der Waals surface area contributed by atoms with Gasteiger partial charge in [-0.05, 0) is 25.0 Å². The Balaban J connectivity index is 1.66. The van der Waals surface area contributed by atoms with Crippen molar-refractivity contribution < 1.29 is 22.7 Å². The topological polar surface area (TPSA) is 84.9 Å². The number of carbonyl (C=O) groups is 1. The van der Waals surface area contributed by atoms with Crippen molar-refractivity contribution in [2.75, 3.05) is 26.8 Å². The van der Waals surface area contributed by atoms with Crippen molar-refractivity contribution in [1.82, 2.24) is 9.62 Å². The molecule has 1 saturated carbocycles. The lowest BCUT2D eigenvalue weighted by Gasteiger charge is -2.24. The number of carbonyl (C=O) groups excluding carboxylic acids is 1. The second-order valence-corrected chi connectivity index (χ2v) is 8.87. The van der Waals surface area contributed by atoms with E-state index in [4.69, 9.17) is 9.47 Å². The second kappa shape index (κ2) is 8.26.